The van der Waals surface area contributed by atoms with Gasteiger partial charge in [0.05, 0.1) is 6.54 Å². The molecule has 3 amide bonds. The van der Waals surface area contributed by atoms with E-state index in [1.807, 2.05) is 30.3 Å². The number of hydrogen-bond acceptors (Lipinski definition) is 4. The maximum absolute atomic E-state index is 12.1. The summed E-state index contributed by atoms with van der Waals surface area (Å²) >= 11 is 0. The van der Waals surface area contributed by atoms with Crippen LogP contribution in [0.15, 0.2) is 30.3 Å². The van der Waals surface area contributed by atoms with Gasteiger partial charge in [0.1, 0.15) is 12.6 Å². The number of benzene rings is 1. The Balaban J connectivity index is 1.87. The van der Waals surface area contributed by atoms with E-state index in [1.54, 1.807) is 0 Å². The molecule has 1 atom stereocenters. The molecular weight excluding hydrogens is 286 g/mol. The van der Waals surface area contributed by atoms with Crippen molar-refractivity contribution in [1.29, 1.82) is 0 Å². The molecule has 1 fully saturated rings. The van der Waals surface area contributed by atoms with Crippen molar-refractivity contribution in [1.82, 2.24) is 10.2 Å². The molecule has 1 aromatic carbocycles. The molecule has 2 rings (SSSR count). The Morgan fingerprint density at radius 1 is 1.27 bits per heavy atom. The van der Waals surface area contributed by atoms with Gasteiger partial charge in [-0.05, 0) is 18.4 Å². The topological polar surface area (TPSA) is 102 Å². The van der Waals surface area contributed by atoms with Crippen LogP contribution in [0, 0.1) is 0 Å². The van der Waals surface area contributed by atoms with Gasteiger partial charge in [0.25, 0.3) is 0 Å². The highest BCUT2D eigenvalue weighted by atomic mass is 16.6. The molecule has 0 aromatic heterocycles. The van der Waals surface area contributed by atoms with E-state index in [2.05, 4.69) is 5.32 Å². The molecule has 0 bridgehead atoms. The summed E-state index contributed by atoms with van der Waals surface area (Å²) in [5, 5.41) is 2.42. The number of likely N-dealkylation sites (tertiary alicyclic amines) is 1. The number of carbonyl (C=O) groups is 3. The van der Waals surface area contributed by atoms with Crippen molar-refractivity contribution in [3.05, 3.63) is 35.9 Å². The second-order valence-corrected chi connectivity index (χ2v) is 5.08. The molecule has 1 aromatic rings. The molecule has 0 unspecified atom stereocenters. The van der Waals surface area contributed by atoms with Crippen LogP contribution in [0.2, 0.25) is 0 Å². The van der Waals surface area contributed by atoms with Gasteiger partial charge in [-0.15, -0.1) is 0 Å². The van der Waals surface area contributed by atoms with E-state index in [9.17, 15) is 14.4 Å². The second-order valence-electron chi connectivity index (χ2n) is 5.08. The van der Waals surface area contributed by atoms with Crippen LogP contribution in [0.25, 0.3) is 0 Å². The number of hydrogen-bond donors (Lipinski definition) is 2. The maximum atomic E-state index is 12.1. The van der Waals surface area contributed by atoms with E-state index in [4.69, 9.17) is 10.5 Å². The van der Waals surface area contributed by atoms with Crippen LogP contribution in [0.1, 0.15) is 18.4 Å². The lowest BCUT2D eigenvalue weighted by atomic mass is 10.2. The zero-order valence-electron chi connectivity index (χ0n) is 12.2. The fourth-order valence-electron chi connectivity index (χ4n) is 2.35. The molecular formula is C15H19N3O4. The van der Waals surface area contributed by atoms with Gasteiger partial charge < -0.3 is 15.8 Å². The lowest BCUT2D eigenvalue weighted by molar-refractivity contribution is -0.127. The molecule has 0 saturated carbocycles. The van der Waals surface area contributed by atoms with Gasteiger partial charge in [0, 0.05) is 6.54 Å². The Hall–Kier alpha value is -2.57. The minimum atomic E-state index is -0.621. The van der Waals surface area contributed by atoms with Gasteiger partial charge >= 0.3 is 6.09 Å². The Labute approximate surface area is 128 Å². The number of rotatable bonds is 5. The number of nitrogens with one attached hydrogen (secondary N) is 1. The molecule has 1 heterocycles. The number of carbonyl (C=O) groups excluding carboxylic acids is 3. The number of nitrogens with two attached hydrogens (primary N) is 1. The van der Waals surface area contributed by atoms with Crippen molar-refractivity contribution >= 4 is 17.9 Å². The Kier molecular flexibility index (Phi) is 5.35. The van der Waals surface area contributed by atoms with Crippen molar-refractivity contribution in [3.8, 4) is 0 Å². The summed E-state index contributed by atoms with van der Waals surface area (Å²) in [6.45, 7) is 0.385. The zero-order chi connectivity index (χ0) is 15.9. The summed E-state index contributed by atoms with van der Waals surface area (Å²) in [5.74, 6) is -1.00. The first-order valence-electron chi connectivity index (χ1n) is 7.11. The molecule has 0 aliphatic carbocycles. The number of primary amides is 1. The molecule has 1 saturated heterocycles. The van der Waals surface area contributed by atoms with Crippen LogP contribution in [-0.2, 0) is 20.9 Å². The first-order valence-corrected chi connectivity index (χ1v) is 7.11. The predicted molar refractivity (Wildman–Crippen MR) is 78.6 cm³/mol. The number of ether oxygens (including phenoxy) is 1. The summed E-state index contributed by atoms with van der Waals surface area (Å²) < 4.78 is 5.23. The maximum Gasteiger partial charge on any atom is 0.410 e. The minimum Gasteiger partial charge on any atom is -0.445 e. The lowest BCUT2D eigenvalue weighted by Gasteiger charge is -2.23. The zero-order valence-corrected chi connectivity index (χ0v) is 12.2. The molecule has 22 heavy (non-hydrogen) atoms. The molecule has 7 nitrogen and oxygen atoms in total. The van der Waals surface area contributed by atoms with E-state index in [1.165, 1.54) is 4.90 Å². The third-order valence-corrected chi connectivity index (χ3v) is 3.43. The quantitative estimate of drug-likeness (QED) is 0.821. The SMILES string of the molecule is NC(=O)CNC(=O)[C@H]1CCCN1C(=O)OCc1ccccc1. The smallest absolute Gasteiger partial charge is 0.410 e. The first-order chi connectivity index (χ1) is 10.6. The van der Waals surface area contributed by atoms with Gasteiger partial charge in [-0.25, -0.2) is 4.79 Å². The highest BCUT2D eigenvalue weighted by Crippen LogP contribution is 2.19. The Morgan fingerprint density at radius 3 is 2.68 bits per heavy atom. The highest BCUT2D eigenvalue weighted by molar-refractivity contribution is 5.89. The van der Waals surface area contributed by atoms with Crippen LogP contribution < -0.4 is 11.1 Å². The van der Waals surface area contributed by atoms with Crippen molar-refractivity contribution in [2.24, 2.45) is 5.73 Å². The fourth-order valence-corrected chi connectivity index (χ4v) is 2.35. The average molecular weight is 305 g/mol. The van der Waals surface area contributed by atoms with E-state index in [-0.39, 0.29) is 19.1 Å². The lowest BCUT2D eigenvalue weighted by Crippen LogP contribution is -2.47. The van der Waals surface area contributed by atoms with Gasteiger partial charge in [-0.2, -0.15) is 0 Å². The molecule has 0 spiro atoms. The van der Waals surface area contributed by atoms with Crippen LogP contribution in [0.5, 0.6) is 0 Å². The van der Waals surface area contributed by atoms with Crippen LogP contribution in [-0.4, -0.2) is 41.9 Å². The van der Waals surface area contributed by atoms with Gasteiger partial charge in [-0.3, -0.25) is 14.5 Å². The monoisotopic (exact) mass is 305 g/mol. The van der Waals surface area contributed by atoms with Gasteiger partial charge in [0.15, 0.2) is 0 Å². The summed E-state index contributed by atoms with van der Waals surface area (Å²) in [6, 6.07) is 8.70. The minimum absolute atomic E-state index is 0.159. The summed E-state index contributed by atoms with van der Waals surface area (Å²) in [4.78, 5) is 36.2. The molecule has 1 aliphatic rings. The molecule has 3 N–H and O–H groups in total. The third kappa shape index (κ3) is 4.21. The Bertz CT molecular complexity index is 547. The van der Waals surface area contributed by atoms with Crippen LogP contribution in [0.4, 0.5) is 4.79 Å². The van der Waals surface area contributed by atoms with E-state index in [0.717, 1.165) is 12.0 Å². The van der Waals surface area contributed by atoms with Crippen molar-refractivity contribution < 1.29 is 19.1 Å². The third-order valence-electron chi connectivity index (χ3n) is 3.43. The molecule has 1 aliphatic heterocycles. The number of nitrogens with zero attached hydrogens (tertiary/aromatic N) is 1. The average Bonchev–Trinajstić information content (AvgIpc) is 3.01. The number of amides is 3. The van der Waals surface area contributed by atoms with Gasteiger partial charge in [0.2, 0.25) is 11.8 Å². The summed E-state index contributed by atoms with van der Waals surface area (Å²) in [6.07, 6.45) is 0.737. The highest BCUT2D eigenvalue weighted by Gasteiger charge is 2.35. The first kappa shape index (κ1) is 15.8. The predicted octanol–water partition coefficient (Wildman–Crippen LogP) is 0.389. The van der Waals surface area contributed by atoms with Crippen molar-refractivity contribution in [2.45, 2.75) is 25.5 Å². The van der Waals surface area contributed by atoms with E-state index in [0.29, 0.717) is 13.0 Å². The van der Waals surface area contributed by atoms with E-state index >= 15 is 0 Å². The van der Waals surface area contributed by atoms with Gasteiger partial charge in [-0.1, -0.05) is 30.3 Å². The largest absolute Gasteiger partial charge is 0.445 e. The molecule has 0 radical (unpaired) electrons. The Morgan fingerprint density at radius 2 is 2.00 bits per heavy atom. The second kappa shape index (κ2) is 7.44. The van der Waals surface area contributed by atoms with Crippen LogP contribution in [0.3, 0.4) is 0 Å². The summed E-state index contributed by atoms with van der Waals surface area (Å²) in [5.41, 5.74) is 5.87. The standard InChI is InChI=1S/C15H19N3O4/c16-13(19)9-17-14(20)12-7-4-8-18(12)15(21)22-10-11-5-2-1-3-6-11/h1-3,5-6,12H,4,7-10H2,(H2,16,19)(H,17,20)/t12-/m1/s1. The van der Waals surface area contributed by atoms with Crippen molar-refractivity contribution in [3.63, 3.8) is 0 Å². The molecule has 7 heteroatoms. The summed E-state index contributed by atoms with van der Waals surface area (Å²) in [7, 11) is 0. The molecule has 118 valence electrons. The fraction of sp³-hybridized carbons (Fsp3) is 0.400. The van der Waals surface area contributed by atoms with Crippen molar-refractivity contribution in [2.75, 3.05) is 13.1 Å². The normalized spacial score (nSPS) is 17.1. The van der Waals surface area contributed by atoms with E-state index < -0.39 is 18.0 Å². The van der Waals surface area contributed by atoms with Crippen LogP contribution >= 0.6 is 0 Å².